The summed E-state index contributed by atoms with van der Waals surface area (Å²) in [5.74, 6) is -0.145. The fraction of sp³-hybridized carbons (Fsp3) is 0.278. The van der Waals surface area contributed by atoms with E-state index in [1.165, 1.54) is 9.08 Å². The number of aromatic nitrogens is 3. The summed E-state index contributed by atoms with van der Waals surface area (Å²) in [6.45, 7) is 3.83. The number of anilines is 1. The molecule has 1 amide bonds. The Hall–Kier alpha value is -2.64. The van der Waals surface area contributed by atoms with E-state index in [1.807, 2.05) is 37.3 Å². The van der Waals surface area contributed by atoms with Crippen molar-refractivity contribution >= 4 is 29.6 Å². The summed E-state index contributed by atoms with van der Waals surface area (Å²) >= 11 is 0. The first kappa shape index (κ1) is 19.7. The molecule has 0 radical (unpaired) electrons. The Labute approximate surface area is 157 Å². The molecule has 0 aliphatic rings. The fourth-order valence-corrected chi connectivity index (χ4v) is 2.59. The van der Waals surface area contributed by atoms with E-state index in [2.05, 4.69) is 15.7 Å². The molecule has 2 aromatic heterocycles. The SMILES string of the molecule is CCNCc1ccccc1NC(=O)CCn1nc2ccccn2c1=O.Cl. The summed E-state index contributed by atoms with van der Waals surface area (Å²) in [7, 11) is 0. The van der Waals surface area contributed by atoms with E-state index in [1.54, 1.807) is 18.3 Å². The van der Waals surface area contributed by atoms with Crippen LogP contribution in [0.1, 0.15) is 18.9 Å². The molecule has 7 nitrogen and oxygen atoms in total. The largest absolute Gasteiger partial charge is 0.350 e. The van der Waals surface area contributed by atoms with Crippen molar-refractivity contribution in [2.24, 2.45) is 0 Å². The van der Waals surface area contributed by atoms with Crippen LogP contribution in [0.2, 0.25) is 0 Å². The van der Waals surface area contributed by atoms with Crippen LogP contribution in [-0.2, 0) is 17.9 Å². The molecular weight excluding hydrogens is 354 g/mol. The second-order valence-electron chi connectivity index (χ2n) is 5.67. The average molecular weight is 376 g/mol. The lowest BCUT2D eigenvalue weighted by Gasteiger charge is -2.11. The summed E-state index contributed by atoms with van der Waals surface area (Å²) < 4.78 is 2.78. The van der Waals surface area contributed by atoms with Crippen LogP contribution in [0.25, 0.3) is 5.65 Å². The predicted molar refractivity (Wildman–Crippen MR) is 104 cm³/mol. The smallest absolute Gasteiger partial charge is 0.326 e. The van der Waals surface area contributed by atoms with Crippen molar-refractivity contribution in [3.63, 3.8) is 0 Å². The number of benzene rings is 1. The van der Waals surface area contributed by atoms with E-state index < -0.39 is 0 Å². The molecule has 2 N–H and O–H groups in total. The van der Waals surface area contributed by atoms with Gasteiger partial charge in [0, 0.05) is 24.8 Å². The zero-order valence-corrected chi connectivity index (χ0v) is 15.3. The number of nitrogens with one attached hydrogen (secondary N) is 2. The number of halogens is 1. The van der Waals surface area contributed by atoms with E-state index in [-0.39, 0.29) is 37.0 Å². The number of nitrogens with zero attached hydrogens (tertiary/aromatic N) is 3. The average Bonchev–Trinajstić information content (AvgIpc) is 2.95. The van der Waals surface area contributed by atoms with Gasteiger partial charge in [-0.15, -0.1) is 17.5 Å². The quantitative estimate of drug-likeness (QED) is 0.662. The molecule has 0 spiro atoms. The van der Waals surface area contributed by atoms with Crippen molar-refractivity contribution in [1.29, 1.82) is 0 Å². The van der Waals surface area contributed by atoms with Gasteiger partial charge in [-0.2, -0.15) is 0 Å². The van der Waals surface area contributed by atoms with Crippen molar-refractivity contribution in [1.82, 2.24) is 19.5 Å². The molecule has 26 heavy (non-hydrogen) atoms. The second kappa shape index (κ2) is 9.17. The van der Waals surface area contributed by atoms with Crippen LogP contribution in [0.3, 0.4) is 0 Å². The Morgan fingerprint density at radius 1 is 1.15 bits per heavy atom. The number of rotatable bonds is 7. The lowest BCUT2D eigenvalue weighted by molar-refractivity contribution is -0.116. The maximum atomic E-state index is 12.3. The molecule has 0 saturated carbocycles. The highest BCUT2D eigenvalue weighted by Gasteiger charge is 2.10. The van der Waals surface area contributed by atoms with Gasteiger partial charge >= 0.3 is 5.69 Å². The first-order chi connectivity index (χ1) is 12.2. The number of amides is 1. The van der Waals surface area contributed by atoms with Gasteiger partial charge in [0.15, 0.2) is 5.65 Å². The zero-order valence-electron chi connectivity index (χ0n) is 14.5. The number of hydrogen-bond acceptors (Lipinski definition) is 4. The van der Waals surface area contributed by atoms with Crippen molar-refractivity contribution in [3.05, 3.63) is 64.7 Å². The molecule has 2 heterocycles. The first-order valence-electron chi connectivity index (χ1n) is 8.31. The minimum Gasteiger partial charge on any atom is -0.326 e. The lowest BCUT2D eigenvalue weighted by atomic mass is 10.1. The van der Waals surface area contributed by atoms with Gasteiger partial charge in [-0.3, -0.25) is 9.20 Å². The van der Waals surface area contributed by atoms with E-state index in [0.29, 0.717) is 12.2 Å². The van der Waals surface area contributed by atoms with Gasteiger partial charge in [0.25, 0.3) is 0 Å². The Morgan fingerprint density at radius 2 is 1.92 bits per heavy atom. The van der Waals surface area contributed by atoms with Gasteiger partial charge in [-0.25, -0.2) is 9.48 Å². The van der Waals surface area contributed by atoms with Crippen molar-refractivity contribution in [2.75, 3.05) is 11.9 Å². The van der Waals surface area contributed by atoms with Gasteiger partial charge in [0.1, 0.15) is 0 Å². The molecule has 3 rings (SSSR count). The van der Waals surface area contributed by atoms with Crippen LogP contribution >= 0.6 is 12.4 Å². The van der Waals surface area contributed by atoms with Gasteiger partial charge in [0.05, 0.1) is 6.54 Å². The molecule has 0 aliphatic heterocycles. The normalized spacial score (nSPS) is 10.5. The Bertz CT molecular complexity index is 934. The monoisotopic (exact) mass is 375 g/mol. The van der Waals surface area contributed by atoms with E-state index >= 15 is 0 Å². The van der Waals surface area contributed by atoms with E-state index in [0.717, 1.165) is 17.8 Å². The van der Waals surface area contributed by atoms with E-state index in [4.69, 9.17) is 0 Å². The number of hydrogen-bond donors (Lipinski definition) is 2. The van der Waals surface area contributed by atoms with Crippen LogP contribution in [0.4, 0.5) is 5.69 Å². The number of carbonyl (C=O) groups excluding carboxylic acids is 1. The minimum absolute atomic E-state index is 0. The van der Waals surface area contributed by atoms with E-state index in [9.17, 15) is 9.59 Å². The highest BCUT2D eigenvalue weighted by molar-refractivity contribution is 5.91. The third kappa shape index (κ3) is 4.50. The molecule has 3 aromatic rings. The molecule has 1 aromatic carbocycles. The molecule has 8 heteroatoms. The molecule has 0 unspecified atom stereocenters. The number of pyridine rings is 1. The van der Waals surface area contributed by atoms with Crippen molar-refractivity contribution in [3.8, 4) is 0 Å². The molecule has 0 saturated heterocycles. The predicted octanol–water partition coefficient (Wildman–Crippen LogP) is 2.06. The molecule has 138 valence electrons. The molecule has 0 bridgehead atoms. The highest BCUT2D eigenvalue weighted by Crippen LogP contribution is 2.15. The minimum atomic E-state index is -0.240. The Kier molecular flexibility index (Phi) is 6.94. The summed E-state index contributed by atoms with van der Waals surface area (Å²) in [5.41, 5.74) is 2.15. The summed E-state index contributed by atoms with van der Waals surface area (Å²) in [6.07, 6.45) is 1.84. The third-order valence-corrected chi connectivity index (χ3v) is 3.90. The van der Waals surface area contributed by atoms with Crippen molar-refractivity contribution in [2.45, 2.75) is 26.4 Å². The topological polar surface area (TPSA) is 80.4 Å². The number of para-hydroxylation sites is 1. The zero-order chi connectivity index (χ0) is 17.6. The van der Waals surface area contributed by atoms with Gasteiger partial charge in [0.2, 0.25) is 5.91 Å². The lowest BCUT2D eigenvalue weighted by Crippen LogP contribution is -2.24. The number of carbonyl (C=O) groups is 1. The Balaban J connectivity index is 0.00000243. The van der Waals surface area contributed by atoms with Crippen LogP contribution < -0.4 is 16.3 Å². The Morgan fingerprint density at radius 3 is 2.69 bits per heavy atom. The third-order valence-electron chi connectivity index (χ3n) is 3.90. The maximum absolute atomic E-state index is 12.3. The van der Waals surface area contributed by atoms with Gasteiger partial charge in [-0.1, -0.05) is 31.2 Å². The summed E-state index contributed by atoms with van der Waals surface area (Å²) in [6, 6.07) is 13.0. The van der Waals surface area contributed by atoms with Crippen LogP contribution in [0.5, 0.6) is 0 Å². The summed E-state index contributed by atoms with van der Waals surface area (Å²) in [5, 5.41) is 10.4. The van der Waals surface area contributed by atoms with Gasteiger partial charge in [-0.05, 0) is 30.3 Å². The van der Waals surface area contributed by atoms with Crippen LogP contribution in [0.15, 0.2) is 53.5 Å². The van der Waals surface area contributed by atoms with Crippen LogP contribution in [0, 0.1) is 0 Å². The standard InChI is InChI=1S/C18H21N5O2.ClH/c1-2-19-13-14-7-3-4-8-15(14)20-17(24)10-12-23-18(25)22-11-6-5-9-16(22)21-23;/h3-9,11,19H,2,10,12-13H2,1H3,(H,20,24);1H. The number of fused-ring (bicyclic) bond motifs is 1. The second-order valence-corrected chi connectivity index (χ2v) is 5.67. The van der Waals surface area contributed by atoms with Crippen LogP contribution in [-0.4, -0.2) is 26.6 Å². The number of aryl methyl sites for hydroxylation is 1. The highest BCUT2D eigenvalue weighted by atomic mass is 35.5. The first-order valence-corrected chi connectivity index (χ1v) is 8.31. The molecular formula is C18H22ClN5O2. The summed E-state index contributed by atoms with van der Waals surface area (Å²) in [4.78, 5) is 24.5. The molecule has 0 atom stereocenters. The molecule has 0 aliphatic carbocycles. The van der Waals surface area contributed by atoms with Crippen molar-refractivity contribution < 1.29 is 4.79 Å². The van der Waals surface area contributed by atoms with Gasteiger partial charge < -0.3 is 10.6 Å². The fourth-order valence-electron chi connectivity index (χ4n) is 2.59. The molecule has 0 fully saturated rings. The maximum Gasteiger partial charge on any atom is 0.350 e.